The first kappa shape index (κ1) is 33.1. The van der Waals surface area contributed by atoms with E-state index in [0.717, 1.165) is 49.4 Å². The van der Waals surface area contributed by atoms with Gasteiger partial charge in [0.15, 0.2) is 0 Å². The number of hydrogen-bond donors (Lipinski definition) is 0. The minimum atomic E-state index is -3.10. The Labute approximate surface area is 209 Å². The first-order chi connectivity index (χ1) is 15.7. The van der Waals surface area contributed by atoms with Crippen LogP contribution in [0.4, 0.5) is 0 Å². The van der Waals surface area contributed by atoms with Crippen molar-refractivity contribution in [1.82, 2.24) is 0 Å². The van der Waals surface area contributed by atoms with Crippen LogP contribution in [-0.2, 0) is 17.7 Å². The second-order valence-corrected chi connectivity index (χ2v) is 13.6. The molecule has 0 saturated heterocycles. The molecule has 0 aliphatic heterocycles. The lowest BCUT2D eigenvalue weighted by molar-refractivity contribution is -0.0377. The molecule has 0 heterocycles. The van der Waals surface area contributed by atoms with Crippen molar-refractivity contribution in [3.05, 3.63) is 0 Å². The third kappa shape index (κ3) is 22.3. The van der Waals surface area contributed by atoms with Crippen LogP contribution in [0, 0.1) is 23.7 Å². The summed E-state index contributed by atoms with van der Waals surface area (Å²) in [6.07, 6.45) is 13.8. The van der Waals surface area contributed by atoms with Gasteiger partial charge in [0.2, 0.25) is 0 Å². The van der Waals surface area contributed by atoms with Gasteiger partial charge in [0.1, 0.15) is 0 Å². The van der Waals surface area contributed by atoms with Gasteiger partial charge in [0.25, 0.3) is 0 Å². The van der Waals surface area contributed by atoms with Gasteiger partial charge in [-0.1, -0.05) is 107 Å². The van der Waals surface area contributed by atoms with Gasteiger partial charge >= 0.3 is 9.05 Å². The van der Waals surface area contributed by atoms with E-state index in [4.69, 9.17) is 17.7 Å². The van der Waals surface area contributed by atoms with E-state index in [1.165, 1.54) is 51.4 Å². The van der Waals surface area contributed by atoms with E-state index in [-0.39, 0.29) is 0 Å². The fraction of sp³-hybridized carbons (Fsp3) is 1.00. The third-order valence-corrected chi connectivity index (χ3v) is 8.05. The maximum Gasteiger partial charge on any atom is 0.679 e. The molecule has 0 aromatic carbocycles. The average Bonchev–Trinajstić information content (AvgIpc) is 2.71. The van der Waals surface area contributed by atoms with Gasteiger partial charge in [-0.15, -0.1) is 0 Å². The molecule has 0 aliphatic rings. The van der Waals surface area contributed by atoms with Crippen LogP contribution in [0.2, 0.25) is 0 Å². The standard InChI is InChI=1S/C28H60O4Si/c1-25(2)17-9-13-21-29-33(30-22-14-10-18-26(3)4,31-23-15-11-19-27(5)6)32-24-16-12-20-28(7)8/h25-28H,9-24H2,1-8H3. The lowest BCUT2D eigenvalue weighted by atomic mass is 10.1. The third-order valence-electron chi connectivity index (χ3n) is 5.82. The summed E-state index contributed by atoms with van der Waals surface area (Å²) in [5.41, 5.74) is 0. The highest BCUT2D eigenvalue weighted by Crippen LogP contribution is 2.19. The van der Waals surface area contributed by atoms with Crippen LogP contribution >= 0.6 is 0 Å². The first-order valence-electron chi connectivity index (χ1n) is 14.2. The molecule has 0 atom stereocenters. The zero-order valence-corrected chi connectivity index (χ0v) is 24.8. The Balaban J connectivity index is 4.87. The molecule has 200 valence electrons. The zero-order chi connectivity index (χ0) is 25.0. The van der Waals surface area contributed by atoms with Crippen LogP contribution in [0.15, 0.2) is 0 Å². The van der Waals surface area contributed by atoms with Gasteiger partial charge in [0.05, 0.1) is 0 Å². The van der Waals surface area contributed by atoms with E-state index in [1.807, 2.05) is 0 Å². The molecule has 0 spiro atoms. The Hall–Kier alpha value is 0.0569. The van der Waals surface area contributed by atoms with Gasteiger partial charge in [0, 0.05) is 26.4 Å². The van der Waals surface area contributed by atoms with Gasteiger partial charge in [-0.2, -0.15) is 0 Å². The lowest BCUT2D eigenvalue weighted by Crippen LogP contribution is -2.50. The summed E-state index contributed by atoms with van der Waals surface area (Å²) in [6, 6.07) is 0. The zero-order valence-electron chi connectivity index (χ0n) is 23.8. The number of unbranched alkanes of at least 4 members (excludes halogenated alkanes) is 4. The molecule has 0 N–H and O–H groups in total. The Morgan fingerprint density at radius 3 is 0.758 bits per heavy atom. The van der Waals surface area contributed by atoms with Crippen molar-refractivity contribution >= 4 is 9.05 Å². The van der Waals surface area contributed by atoms with Crippen molar-refractivity contribution < 1.29 is 17.7 Å². The van der Waals surface area contributed by atoms with Crippen LogP contribution < -0.4 is 0 Å². The summed E-state index contributed by atoms with van der Waals surface area (Å²) in [5.74, 6) is 2.94. The minimum absolute atomic E-state index is 0.670. The van der Waals surface area contributed by atoms with Crippen molar-refractivity contribution in [3.8, 4) is 0 Å². The number of rotatable bonds is 24. The molecule has 0 amide bonds. The minimum Gasteiger partial charge on any atom is -0.351 e. The van der Waals surface area contributed by atoms with Crippen LogP contribution in [0.3, 0.4) is 0 Å². The van der Waals surface area contributed by atoms with Crippen LogP contribution in [0.1, 0.15) is 132 Å². The van der Waals surface area contributed by atoms with E-state index in [0.29, 0.717) is 26.4 Å². The SMILES string of the molecule is CC(C)CCCCO[Si](OCCCCC(C)C)(OCCCCC(C)C)OCCCCC(C)C. The fourth-order valence-corrected chi connectivity index (χ4v) is 5.73. The molecule has 0 unspecified atom stereocenters. The summed E-state index contributed by atoms with van der Waals surface area (Å²) >= 11 is 0. The molecule has 5 heteroatoms. The summed E-state index contributed by atoms with van der Waals surface area (Å²) in [5, 5.41) is 0. The molecule has 0 aliphatic carbocycles. The van der Waals surface area contributed by atoms with Crippen molar-refractivity contribution in [2.75, 3.05) is 26.4 Å². The van der Waals surface area contributed by atoms with E-state index < -0.39 is 9.05 Å². The monoisotopic (exact) mass is 488 g/mol. The second-order valence-electron chi connectivity index (χ2n) is 11.5. The molecule has 0 bridgehead atoms. The highest BCUT2D eigenvalue weighted by atomic mass is 28.4. The van der Waals surface area contributed by atoms with Gasteiger partial charge in [-0.3, -0.25) is 0 Å². The quantitative estimate of drug-likeness (QED) is 0.100. The first-order valence-corrected chi connectivity index (χ1v) is 15.9. The second kappa shape index (κ2) is 21.3. The molecule has 0 saturated carbocycles. The van der Waals surface area contributed by atoms with Crippen LogP contribution in [0.5, 0.6) is 0 Å². The molecule has 33 heavy (non-hydrogen) atoms. The Bertz CT molecular complexity index is 335. The molecular formula is C28H60O4Si. The van der Waals surface area contributed by atoms with Gasteiger partial charge in [-0.05, 0) is 49.4 Å². The van der Waals surface area contributed by atoms with E-state index in [9.17, 15) is 0 Å². The van der Waals surface area contributed by atoms with E-state index in [2.05, 4.69) is 55.4 Å². The maximum atomic E-state index is 6.37. The van der Waals surface area contributed by atoms with Crippen molar-refractivity contribution in [3.63, 3.8) is 0 Å². The molecule has 0 radical (unpaired) electrons. The number of hydrogen-bond acceptors (Lipinski definition) is 4. The summed E-state index contributed by atoms with van der Waals surface area (Å²) in [7, 11) is -3.10. The molecule has 0 aromatic rings. The Kier molecular flexibility index (Phi) is 21.4. The topological polar surface area (TPSA) is 36.9 Å². The smallest absolute Gasteiger partial charge is 0.351 e. The molecule has 0 rings (SSSR count). The van der Waals surface area contributed by atoms with Crippen LogP contribution in [-0.4, -0.2) is 35.5 Å². The predicted molar refractivity (Wildman–Crippen MR) is 144 cm³/mol. The normalized spacial score (nSPS) is 12.7. The van der Waals surface area contributed by atoms with Gasteiger partial charge < -0.3 is 17.7 Å². The maximum absolute atomic E-state index is 6.37. The summed E-state index contributed by atoms with van der Waals surface area (Å²) in [6.45, 7) is 20.9. The molecule has 0 aromatic heterocycles. The lowest BCUT2D eigenvalue weighted by Gasteiger charge is -2.28. The highest BCUT2D eigenvalue weighted by molar-refractivity contribution is 6.53. The van der Waals surface area contributed by atoms with Crippen molar-refractivity contribution in [2.45, 2.75) is 132 Å². The Morgan fingerprint density at radius 2 is 0.576 bits per heavy atom. The molecular weight excluding hydrogens is 428 g/mol. The summed E-state index contributed by atoms with van der Waals surface area (Å²) in [4.78, 5) is 0. The molecule has 4 nitrogen and oxygen atoms in total. The summed E-state index contributed by atoms with van der Waals surface area (Å²) < 4.78 is 25.5. The molecule has 0 fully saturated rings. The van der Waals surface area contributed by atoms with Crippen molar-refractivity contribution in [2.24, 2.45) is 23.7 Å². The van der Waals surface area contributed by atoms with Crippen molar-refractivity contribution in [1.29, 1.82) is 0 Å². The highest BCUT2D eigenvalue weighted by Gasteiger charge is 2.45. The fourth-order valence-electron chi connectivity index (χ4n) is 3.66. The van der Waals surface area contributed by atoms with E-state index in [1.54, 1.807) is 0 Å². The van der Waals surface area contributed by atoms with Crippen LogP contribution in [0.25, 0.3) is 0 Å². The largest absolute Gasteiger partial charge is 0.679 e. The Morgan fingerprint density at radius 1 is 0.364 bits per heavy atom. The predicted octanol–water partition coefficient (Wildman–Crippen LogP) is 8.79. The average molecular weight is 489 g/mol. The van der Waals surface area contributed by atoms with E-state index >= 15 is 0 Å². The van der Waals surface area contributed by atoms with Gasteiger partial charge in [-0.25, -0.2) is 0 Å².